The molecule has 0 aliphatic rings. The Kier molecular flexibility index (Phi) is 18.5. The van der Waals surface area contributed by atoms with Gasteiger partial charge in [0.05, 0.1) is 0 Å². The lowest BCUT2D eigenvalue weighted by molar-refractivity contribution is -0.133. The van der Waals surface area contributed by atoms with Crippen LogP contribution in [0.3, 0.4) is 0 Å². The van der Waals surface area contributed by atoms with Gasteiger partial charge >= 0.3 is 12.2 Å². The molecule has 0 rings (SSSR count). The largest absolute Gasteiger partial charge is 0.444 e. The van der Waals surface area contributed by atoms with Gasteiger partial charge in [-0.05, 0) is 86.6 Å². The molecular formula is C29H56N6O8. The molecule has 0 radical (unpaired) electrons. The molecule has 0 bridgehead atoms. The highest BCUT2D eigenvalue weighted by molar-refractivity contribution is 5.92. The average molecular weight is 617 g/mol. The highest BCUT2D eigenvalue weighted by Crippen LogP contribution is 2.10. The number of ether oxygens (including phenoxy) is 2. The second-order valence-electron chi connectivity index (χ2n) is 12.7. The molecule has 0 saturated heterocycles. The van der Waals surface area contributed by atoms with Crippen molar-refractivity contribution in [2.45, 2.75) is 123 Å². The van der Waals surface area contributed by atoms with E-state index in [0.29, 0.717) is 38.9 Å². The molecule has 0 spiro atoms. The predicted molar refractivity (Wildman–Crippen MR) is 163 cm³/mol. The van der Waals surface area contributed by atoms with Gasteiger partial charge in [-0.1, -0.05) is 13.8 Å². The van der Waals surface area contributed by atoms with E-state index in [9.17, 15) is 29.1 Å². The average Bonchev–Trinajstić information content (AvgIpc) is 2.83. The highest BCUT2D eigenvalue weighted by atomic mass is 16.6. The van der Waals surface area contributed by atoms with E-state index >= 15 is 0 Å². The Balaban J connectivity index is 4.97. The van der Waals surface area contributed by atoms with E-state index in [1.54, 1.807) is 62.4 Å². The molecule has 0 fully saturated rings. The van der Waals surface area contributed by atoms with E-state index in [0.717, 1.165) is 0 Å². The maximum absolute atomic E-state index is 13.2. The predicted octanol–water partition coefficient (Wildman–Crippen LogP) is 1.66. The van der Waals surface area contributed by atoms with E-state index < -0.39 is 53.5 Å². The van der Waals surface area contributed by atoms with Crippen molar-refractivity contribution >= 4 is 29.9 Å². The molecule has 250 valence electrons. The number of carbonyl (C=O) groups excluding carboxylic acids is 5. The third kappa shape index (κ3) is 21.2. The SMILES string of the molecule is CNCCNC(=O)[C@H](CCCCNC(=O)OC(C)(C)C)NC(=O)[C@@H](NC(=O)CCCC(O)NC(=O)OC(C)(C)C)C(C)C. The van der Waals surface area contributed by atoms with Crippen molar-refractivity contribution in [1.29, 1.82) is 0 Å². The van der Waals surface area contributed by atoms with Crippen molar-refractivity contribution in [2.75, 3.05) is 26.7 Å². The van der Waals surface area contributed by atoms with Crippen molar-refractivity contribution in [1.82, 2.24) is 31.9 Å². The Hall–Kier alpha value is -3.13. The first-order valence-electron chi connectivity index (χ1n) is 15.0. The number of amides is 5. The minimum Gasteiger partial charge on any atom is -0.444 e. The topological polar surface area (TPSA) is 196 Å². The number of aliphatic hydroxyl groups is 1. The summed E-state index contributed by atoms with van der Waals surface area (Å²) in [7, 11) is 1.76. The number of likely N-dealkylation sites (N-methyl/N-ethyl adjacent to an activating group) is 1. The fourth-order valence-corrected chi connectivity index (χ4v) is 3.69. The van der Waals surface area contributed by atoms with Gasteiger partial charge < -0.3 is 41.2 Å². The maximum Gasteiger partial charge on any atom is 0.409 e. The quantitative estimate of drug-likeness (QED) is 0.0885. The fraction of sp³-hybridized carbons (Fsp3) is 0.828. The van der Waals surface area contributed by atoms with Crippen molar-refractivity contribution in [3.63, 3.8) is 0 Å². The number of aliphatic hydroxyl groups excluding tert-OH is 1. The molecule has 7 N–H and O–H groups in total. The Labute approximate surface area is 256 Å². The summed E-state index contributed by atoms with van der Waals surface area (Å²) in [6, 6.07) is -1.73. The van der Waals surface area contributed by atoms with Gasteiger partial charge in [0, 0.05) is 26.1 Å². The van der Waals surface area contributed by atoms with Crippen LogP contribution in [-0.2, 0) is 23.9 Å². The molecule has 0 aromatic carbocycles. The summed E-state index contributed by atoms with van der Waals surface area (Å²) >= 11 is 0. The summed E-state index contributed by atoms with van der Waals surface area (Å²) in [4.78, 5) is 62.3. The first-order valence-corrected chi connectivity index (χ1v) is 15.0. The van der Waals surface area contributed by atoms with Gasteiger partial charge in [0.2, 0.25) is 17.7 Å². The molecule has 14 heteroatoms. The second-order valence-corrected chi connectivity index (χ2v) is 12.7. The maximum atomic E-state index is 13.2. The van der Waals surface area contributed by atoms with Gasteiger partial charge in [-0.3, -0.25) is 19.7 Å². The zero-order valence-electron chi connectivity index (χ0n) is 27.5. The zero-order valence-corrected chi connectivity index (χ0v) is 27.5. The molecule has 0 aromatic heterocycles. The first-order chi connectivity index (χ1) is 19.8. The molecule has 43 heavy (non-hydrogen) atoms. The van der Waals surface area contributed by atoms with E-state index in [2.05, 4.69) is 31.9 Å². The summed E-state index contributed by atoms with van der Waals surface area (Å²) in [5, 5.41) is 26.2. The number of hydrogen-bond donors (Lipinski definition) is 7. The normalized spacial score (nSPS) is 13.7. The third-order valence-electron chi connectivity index (χ3n) is 5.73. The van der Waals surface area contributed by atoms with Crippen LogP contribution in [-0.4, -0.2) is 91.2 Å². The van der Waals surface area contributed by atoms with Crippen LogP contribution in [0, 0.1) is 5.92 Å². The van der Waals surface area contributed by atoms with Crippen LogP contribution in [0.4, 0.5) is 9.59 Å². The number of unbranched alkanes of at least 4 members (excludes halogenated alkanes) is 1. The Morgan fingerprint density at radius 2 is 1.30 bits per heavy atom. The highest BCUT2D eigenvalue weighted by Gasteiger charge is 2.29. The van der Waals surface area contributed by atoms with E-state index in [4.69, 9.17) is 9.47 Å². The van der Waals surface area contributed by atoms with Gasteiger partial charge in [-0.2, -0.15) is 0 Å². The van der Waals surface area contributed by atoms with Crippen LogP contribution in [0.5, 0.6) is 0 Å². The molecule has 5 amide bonds. The van der Waals surface area contributed by atoms with Gasteiger partial charge in [0.1, 0.15) is 29.5 Å². The van der Waals surface area contributed by atoms with Crippen LogP contribution in [0.1, 0.15) is 93.9 Å². The summed E-state index contributed by atoms with van der Waals surface area (Å²) in [5.41, 5.74) is -1.31. The van der Waals surface area contributed by atoms with Crippen LogP contribution in [0.25, 0.3) is 0 Å². The minimum absolute atomic E-state index is 0.0160. The lowest BCUT2D eigenvalue weighted by Gasteiger charge is -2.25. The molecule has 1 unspecified atom stereocenters. The lowest BCUT2D eigenvalue weighted by Crippen LogP contribution is -2.55. The van der Waals surface area contributed by atoms with Gasteiger partial charge in [-0.25, -0.2) is 9.59 Å². The van der Waals surface area contributed by atoms with Crippen molar-refractivity contribution in [3.05, 3.63) is 0 Å². The van der Waals surface area contributed by atoms with E-state index in [-0.39, 0.29) is 31.1 Å². The molecule has 14 nitrogen and oxygen atoms in total. The monoisotopic (exact) mass is 616 g/mol. The fourth-order valence-electron chi connectivity index (χ4n) is 3.69. The number of carbonyl (C=O) groups is 5. The van der Waals surface area contributed by atoms with Crippen LogP contribution in [0.15, 0.2) is 0 Å². The van der Waals surface area contributed by atoms with Gasteiger partial charge in [-0.15, -0.1) is 0 Å². The van der Waals surface area contributed by atoms with Crippen molar-refractivity contribution < 1.29 is 38.6 Å². The van der Waals surface area contributed by atoms with Crippen molar-refractivity contribution in [3.8, 4) is 0 Å². The Morgan fingerprint density at radius 1 is 0.698 bits per heavy atom. The molecule has 0 heterocycles. The molecule has 0 aromatic rings. The number of rotatable bonds is 18. The molecule has 0 aliphatic heterocycles. The third-order valence-corrected chi connectivity index (χ3v) is 5.73. The molecule has 0 saturated carbocycles. The van der Waals surface area contributed by atoms with Crippen molar-refractivity contribution in [2.24, 2.45) is 5.92 Å². The van der Waals surface area contributed by atoms with E-state index in [1.165, 1.54) is 0 Å². The first kappa shape index (κ1) is 39.9. The Bertz CT molecular complexity index is 885. The van der Waals surface area contributed by atoms with Gasteiger partial charge in [0.25, 0.3) is 0 Å². The van der Waals surface area contributed by atoms with Crippen LogP contribution < -0.4 is 31.9 Å². The number of nitrogens with one attached hydrogen (secondary N) is 6. The Morgan fingerprint density at radius 3 is 1.86 bits per heavy atom. The van der Waals surface area contributed by atoms with Gasteiger partial charge in [0.15, 0.2) is 0 Å². The molecular weight excluding hydrogens is 560 g/mol. The minimum atomic E-state index is -1.19. The zero-order chi connectivity index (χ0) is 33.2. The number of hydrogen-bond acceptors (Lipinski definition) is 9. The van der Waals surface area contributed by atoms with Crippen LogP contribution in [0.2, 0.25) is 0 Å². The smallest absolute Gasteiger partial charge is 0.409 e. The summed E-state index contributed by atoms with van der Waals surface area (Å²) in [5.74, 6) is -1.50. The summed E-state index contributed by atoms with van der Waals surface area (Å²) in [6.45, 7) is 15.3. The van der Waals surface area contributed by atoms with E-state index in [1.807, 2.05) is 0 Å². The molecule has 0 aliphatic carbocycles. The molecule has 3 atom stereocenters. The van der Waals surface area contributed by atoms with Crippen LogP contribution >= 0.6 is 0 Å². The second kappa shape index (κ2) is 19.9. The lowest BCUT2D eigenvalue weighted by atomic mass is 10.0. The number of alkyl carbamates (subject to hydrolysis) is 2. The standard InChI is InChI=1S/C29H56N6O8/c1-19(2)23(34-21(36)14-12-15-22(37)35-27(41)43-29(6,7)8)25(39)33-20(24(38)31-18-17-30-9)13-10-11-16-32-26(40)42-28(3,4)5/h19-20,22-23,30,37H,10-18H2,1-9H3,(H,31,38)(H,32,40)(H,33,39)(H,34,36)(H,35,41)/t20-,22?,23-/m0/s1. The summed E-state index contributed by atoms with van der Waals surface area (Å²) < 4.78 is 10.3. The summed E-state index contributed by atoms with van der Waals surface area (Å²) in [6.07, 6.45) is -0.653.